The first-order chi connectivity index (χ1) is 8.06. The Kier molecular flexibility index (Phi) is 5.45. The van der Waals surface area contributed by atoms with Crippen LogP contribution in [0.25, 0.3) is 0 Å². The number of nitrogens with two attached hydrogens (primary N) is 1. The van der Waals surface area contributed by atoms with Crippen molar-refractivity contribution in [2.75, 3.05) is 39.1 Å². The molecule has 17 heavy (non-hydrogen) atoms. The molecule has 1 aromatic carbocycles. The van der Waals surface area contributed by atoms with Crippen LogP contribution >= 0.6 is 0 Å². The second-order valence-corrected chi connectivity index (χ2v) is 4.78. The monoisotopic (exact) mass is 235 g/mol. The van der Waals surface area contributed by atoms with Gasteiger partial charge >= 0.3 is 0 Å². The first-order valence-electron chi connectivity index (χ1n) is 6.24. The van der Waals surface area contributed by atoms with Gasteiger partial charge < -0.3 is 10.6 Å². The van der Waals surface area contributed by atoms with E-state index in [0.29, 0.717) is 6.04 Å². The fourth-order valence-corrected chi connectivity index (χ4v) is 1.84. The van der Waals surface area contributed by atoms with E-state index < -0.39 is 0 Å². The summed E-state index contributed by atoms with van der Waals surface area (Å²) in [6.07, 6.45) is 1.05. The minimum Gasteiger partial charge on any atom is -0.378 e. The van der Waals surface area contributed by atoms with Crippen LogP contribution in [0.5, 0.6) is 0 Å². The van der Waals surface area contributed by atoms with Gasteiger partial charge in [0, 0.05) is 25.8 Å². The molecule has 0 aliphatic heterocycles. The third-order valence-corrected chi connectivity index (χ3v) is 3.27. The molecule has 0 radical (unpaired) electrons. The summed E-state index contributed by atoms with van der Waals surface area (Å²) in [5, 5.41) is 0. The molecule has 1 unspecified atom stereocenters. The average Bonchev–Trinajstić information content (AvgIpc) is 2.35. The Hall–Kier alpha value is -1.06. The fourth-order valence-electron chi connectivity index (χ4n) is 1.84. The van der Waals surface area contributed by atoms with Crippen LogP contribution < -0.4 is 10.6 Å². The molecule has 0 amide bonds. The van der Waals surface area contributed by atoms with Crippen molar-refractivity contribution in [3.05, 3.63) is 29.8 Å². The Morgan fingerprint density at radius 2 is 1.71 bits per heavy atom. The normalized spacial score (nSPS) is 12.8. The van der Waals surface area contributed by atoms with Crippen molar-refractivity contribution < 1.29 is 0 Å². The van der Waals surface area contributed by atoms with Gasteiger partial charge in [0.25, 0.3) is 0 Å². The Bertz CT molecular complexity index is 319. The highest BCUT2D eigenvalue weighted by molar-refractivity contribution is 5.46. The van der Waals surface area contributed by atoms with Crippen molar-refractivity contribution in [1.82, 2.24) is 4.90 Å². The Morgan fingerprint density at radius 3 is 2.18 bits per heavy atom. The van der Waals surface area contributed by atoms with E-state index in [1.54, 1.807) is 0 Å². The molecule has 1 aromatic rings. The predicted molar refractivity (Wildman–Crippen MR) is 75.5 cm³/mol. The molecule has 3 nitrogen and oxygen atoms in total. The van der Waals surface area contributed by atoms with Crippen molar-refractivity contribution >= 4 is 5.69 Å². The van der Waals surface area contributed by atoms with Gasteiger partial charge in [0.1, 0.15) is 0 Å². The number of hydrogen-bond acceptors (Lipinski definition) is 3. The minimum absolute atomic E-state index is 0.442. The highest BCUT2D eigenvalue weighted by Crippen LogP contribution is 2.21. The molecule has 0 aliphatic rings. The molecule has 96 valence electrons. The van der Waals surface area contributed by atoms with Crippen molar-refractivity contribution in [2.24, 2.45) is 5.73 Å². The standard InChI is InChI=1S/C14H25N3/c1-12(17(4)11-5-10-15)13-6-8-14(9-7-13)16(2)3/h6-9,12H,5,10-11,15H2,1-4H3. The van der Waals surface area contributed by atoms with Crippen molar-refractivity contribution in [3.63, 3.8) is 0 Å². The Labute approximate surface area is 105 Å². The molecule has 0 saturated heterocycles. The van der Waals surface area contributed by atoms with Crippen LogP contribution in [0, 0.1) is 0 Å². The molecule has 0 aromatic heterocycles. The summed E-state index contributed by atoms with van der Waals surface area (Å²) in [5.74, 6) is 0. The molecule has 2 N–H and O–H groups in total. The van der Waals surface area contributed by atoms with Gasteiger partial charge in [-0.05, 0) is 51.2 Å². The van der Waals surface area contributed by atoms with E-state index in [9.17, 15) is 0 Å². The molecular weight excluding hydrogens is 210 g/mol. The van der Waals surface area contributed by atoms with Crippen LogP contribution in [0.15, 0.2) is 24.3 Å². The molecule has 0 aliphatic carbocycles. The van der Waals surface area contributed by atoms with Gasteiger partial charge in [0.05, 0.1) is 0 Å². The lowest BCUT2D eigenvalue weighted by Crippen LogP contribution is -2.25. The maximum atomic E-state index is 5.54. The highest BCUT2D eigenvalue weighted by atomic mass is 15.1. The van der Waals surface area contributed by atoms with Gasteiger partial charge in [-0.25, -0.2) is 0 Å². The summed E-state index contributed by atoms with van der Waals surface area (Å²) in [6, 6.07) is 9.20. The van der Waals surface area contributed by atoms with Gasteiger partial charge in [-0.3, -0.25) is 4.90 Å². The molecular formula is C14H25N3. The molecule has 0 heterocycles. The van der Waals surface area contributed by atoms with E-state index in [-0.39, 0.29) is 0 Å². The summed E-state index contributed by atoms with van der Waals surface area (Å²) in [5.41, 5.74) is 8.13. The summed E-state index contributed by atoms with van der Waals surface area (Å²) in [7, 11) is 6.28. The van der Waals surface area contributed by atoms with E-state index in [1.165, 1.54) is 11.3 Å². The lowest BCUT2D eigenvalue weighted by Gasteiger charge is -2.25. The third-order valence-electron chi connectivity index (χ3n) is 3.27. The SMILES string of the molecule is CC(c1ccc(N(C)C)cc1)N(C)CCCN. The van der Waals surface area contributed by atoms with Crippen LogP contribution in [0.4, 0.5) is 5.69 Å². The summed E-state index contributed by atoms with van der Waals surface area (Å²) in [4.78, 5) is 4.46. The maximum Gasteiger partial charge on any atom is 0.0361 e. The van der Waals surface area contributed by atoms with Crippen molar-refractivity contribution in [2.45, 2.75) is 19.4 Å². The fraction of sp³-hybridized carbons (Fsp3) is 0.571. The smallest absolute Gasteiger partial charge is 0.0361 e. The molecule has 3 heteroatoms. The second kappa shape index (κ2) is 6.62. The quantitative estimate of drug-likeness (QED) is 0.819. The first-order valence-corrected chi connectivity index (χ1v) is 6.24. The lowest BCUT2D eigenvalue weighted by atomic mass is 10.1. The van der Waals surface area contributed by atoms with E-state index >= 15 is 0 Å². The van der Waals surface area contributed by atoms with Crippen LogP contribution in [-0.4, -0.2) is 39.1 Å². The summed E-state index contributed by atoms with van der Waals surface area (Å²) in [6.45, 7) is 4.05. The van der Waals surface area contributed by atoms with Crippen molar-refractivity contribution in [1.29, 1.82) is 0 Å². The van der Waals surface area contributed by atoms with Gasteiger partial charge in [-0.15, -0.1) is 0 Å². The van der Waals surface area contributed by atoms with Gasteiger partial charge in [0.2, 0.25) is 0 Å². The molecule has 1 atom stereocenters. The molecule has 0 fully saturated rings. The molecule has 1 rings (SSSR count). The molecule has 0 saturated carbocycles. The van der Waals surface area contributed by atoms with Gasteiger partial charge in [-0.1, -0.05) is 12.1 Å². The zero-order valence-electron chi connectivity index (χ0n) is 11.5. The Balaban J connectivity index is 2.65. The number of rotatable bonds is 6. The van der Waals surface area contributed by atoms with Gasteiger partial charge in [-0.2, -0.15) is 0 Å². The van der Waals surface area contributed by atoms with E-state index in [2.05, 4.69) is 62.1 Å². The zero-order valence-corrected chi connectivity index (χ0v) is 11.5. The van der Waals surface area contributed by atoms with E-state index in [1.807, 2.05) is 0 Å². The number of anilines is 1. The first kappa shape index (κ1) is 14.0. The minimum atomic E-state index is 0.442. The lowest BCUT2D eigenvalue weighted by molar-refractivity contribution is 0.260. The van der Waals surface area contributed by atoms with Crippen LogP contribution in [-0.2, 0) is 0 Å². The third kappa shape index (κ3) is 4.02. The largest absolute Gasteiger partial charge is 0.378 e. The van der Waals surface area contributed by atoms with Crippen LogP contribution in [0.1, 0.15) is 24.9 Å². The zero-order chi connectivity index (χ0) is 12.8. The van der Waals surface area contributed by atoms with E-state index in [4.69, 9.17) is 5.73 Å². The second-order valence-electron chi connectivity index (χ2n) is 4.78. The maximum absolute atomic E-state index is 5.54. The number of nitrogens with zero attached hydrogens (tertiary/aromatic N) is 2. The number of benzene rings is 1. The summed E-state index contributed by atoms with van der Waals surface area (Å²) >= 11 is 0. The summed E-state index contributed by atoms with van der Waals surface area (Å²) < 4.78 is 0. The van der Waals surface area contributed by atoms with Crippen LogP contribution in [0.3, 0.4) is 0 Å². The molecule has 0 bridgehead atoms. The predicted octanol–water partition coefficient (Wildman–Crippen LogP) is 2.09. The van der Waals surface area contributed by atoms with Crippen LogP contribution in [0.2, 0.25) is 0 Å². The van der Waals surface area contributed by atoms with Crippen molar-refractivity contribution in [3.8, 4) is 0 Å². The van der Waals surface area contributed by atoms with Gasteiger partial charge in [0.15, 0.2) is 0 Å². The van der Waals surface area contributed by atoms with E-state index in [0.717, 1.165) is 19.5 Å². The highest BCUT2D eigenvalue weighted by Gasteiger charge is 2.10. The topological polar surface area (TPSA) is 32.5 Å². The average molecular weight is 235 g/mol. The Morgan fingerprint density at radius 1 is 1.12 bits per heavy atom. The molecule has 0 spiro atoms. The number of hydrogen-bond donors (Lipinski definition) is 1.